The average molecular weight is 284 g/mol. The van der Waals surface area contributed by atoms with E-state index in [4.69, 9.17) is 10.4 Å². The number of hydrogen-bond donors (Lipinski definition) is 1. The van der Waals surface area contributed by atoms with Crippen LogP contribution in [0.25, 0.3) is 11.8 Å². The van der Waals surface area contributed by atoms with Crippen LogP contribution in [0.4, 0.5) is 4.39 Å². The molecule has 0 amide bonds. The van der Waals surface area contributed by atoms with Crippen LogP contribution in [0.3, 0.4) is 0 Å². The molecule has 1 heterocycles. The van der Waals surface area contributed by atoms with Crippen molar-refractivity contribution in [3.63, 3.8) is 0 Å². The van der Waals surface area contributed by atoms with Gasteiger partial charge in [0.15, 0.2) is 0 Å². The molecule has 0 aliphatic rings. The second-order valence-electron chi connectivity index (χ2n) is 4.59. The Kier molecular flexibility index (Phi) is 3.90. The number of halogens is 1. The van der Waals surface area contributed by atoms with Gasteiger partial charge in [-0.2, -0.15) is 5.26 Å². The van der Waals surface area contributed by atoms with Crippen LogP contribution < -0.4 is 0 Å². The molecule has 5 heteroatoms. The molecule has 106 valence electrons. The number of carboxylic acid groups (broad SMARTS) is 1. The monoisotopic (exact) mass is 284 g/mol. The Morgan fingerprint density at radius 1 is 1.38 bits per heavy atom. The molecular formula is C16H13FN2O2. The number of nitrogens with zero attached hydrogens (tertiary/aromatic N) is 2. The molecule has 0 saturated heterocycles. The molecule has 0 fully saturated rings. The quantitative estimate of drug-likeness (QED) is 0.695. The number of hydrogen-bond acceptors (Lipinski definition) is 2. The Hall–Kier alpha value is -2.87. The smallest absolute Gasteiger partial charge is 0.346 e. The summed E-state index contributed by atoms with van der Waals surface area (Å²) in [6, 6.07) is 9.70. The maximum atomic E-state index is 13.9. The van der Waals surface area contributed by atoms with Gasteiger partial charge >= 0.3 is 5.97 Å². The van der Waals surface area contributed by atoms with Gasteiger partial charge in [0, 0.05) is 11.4 Å². The summed E-state index contributed by atoms with van der Waals surface area (Å²) in [6.07, 6.45) is 1.29. The number of carboxylic acids is 1. The van der Waals surface area contributed by atoms with Crippen LogP contribution in [0.5, 0.6) is 0 Å². The molecule has 21 heavy (non-hydrogen) atoms. The second-order valence-corrected chi connectivity index (χ2v) is 4.59. The van der Waals surface area contributed by atoms with E-state index in [2.05, 4.69) is 0 Å². The van der Waals surface area contributed by atoms with Crippen molar-refractivity contribution < 1.29 is 14.3 Å². The number of aromatic nitrogens is 1. The van der Waals surface area contributed by atoms with E-state index in [0.29, 0.717) is 16.9 Å². The molecule has 1 N–H and O–H groups in total. The van der Waals surface area contributed by atoms with Crippen LogP contribution in [-0.2, 0) is 4.79 Å². The van der Waals surface area contributed by atoms with Gasteiger partial charge in [-0.25, -0.2) is 9.18 Å². The van der Waals surface area contributed by atoms with Crippen molar-refractivity contribution >= 4 is 12.0 Å². The van der Waals surface area contributed by atoms with Crippen molar-refractivity contribution in [2.24, 2.45) is 0 Å². The third-order valence-corrected chi connectivity index (χ3v) is 3.21. The summed E-state index contributed by atoms with van der Waals surface area (Å²) in [5.41, 5.74) is 2.04. The van der Waals surface area contributed by atoms with Crippen molar-refractivity contribution in [1.82, 2.24) is 4.57 Å². The molecule has 0 aliphatic heterocycles. The van der Waals surface area contributed by atoms with Crippen molar-refractivity contribution in [2.75, 3.05) is 0 Å². The standard InChI is InChI=1S/C16H13FN2O2/c1-10-7-12(8-13(9-18)16(20)21)11(2)19(10)15-6-4-3-5-14(15)17/h3-8H,1-2H3,(H,20,21)/b13-8+. The van der Waals surface area contributed by atoms with Gasteiger partial charge in [-0.1, -0.05) is 12.1 Å². The zero-order valence-corrected chi connectivity index (χ0v) is 11.6. The highest BCUT2D eigenvalue weighted by atomic mass is 19.1. The van der Waals surface area contributed by atoms with Crippen molar-refractivity contribution in [1.29, 1.82) is 5.26 Å². The predicted octanol–water partition coefficient (Wildman–Crippen LogP) is 3.22. The Bertz CT molecular complexity index is 782. The first-order valence-electron chi connectivity index (χ1n) is 6.24. The molecule has 2 aromatic rings. The van der Waals surface area contributed by atoms with Gasteiger partial charge in [-0.3, -0.25) is 0 Å². The Morgan fingerprint density at radius 3 is 2.62 bits per heavy atom. The summed E-state index contributed by atoms with van der Waals surface area (Å²) in [5, 5.41) is 17.7. The molecule has 0 spiro atoms. The fraction of sp³-hybridized carbons (Fsp3) is 0.125. The molecular weight excluding hydrogens is 271 g/mol. The first kappa shape index (κ1) is 14.5. The topological polar surface area (TPSA) is 66.0 Å². The maximum Gasteiger partial charge on any atom is 0.346 e. The lowest BCUT2D eigenvalue weighted by atomic mass is 10.1. The lowest BCUT2D eigenvalue weighted by Gasteiger charge is -2.10. The zero-order valence-electron chi connectivity index (χ0n) is 11.6. The van der Waals surface area contributed by atoms with Gasteiger partial charge in [0.25, 0.3) is 0 Å². The van der Waals surface area contributed by atoms with E-state index in [9.17, 15) is 9.18 Å². The normalized spacial score (nSPS) is 11.2. The van der Waals surface area contributed by atoms with Crippen LogP contribution in [0, 0.1) is 31.0 Å². The van der Waals surface area contributed by atoms with Crippen molar-refractivity contribution in [3.05, 3.63) is 58.7 Å². The highest BCUT2D eigenvalue weighted by Gasteiger charge is 2.14. The number of rotatable bonds is 3. The molecule has 1 aromatic heterocycles. The molecule has 1 aromatic carbocycles. The zero-order chi connectivity index (χ0) is 15.6. The predicted molar refractivity (Wildman–Crippen MR) is 76.4 cm³/mol. The summed E-state index contributed by atoms with van der Waals surface area (Å²) < 4.78 is 15.6. The highest BCUT2D eigenvalue weighted by Crippen LogP contribution is 2.24. The van der Waals surface area contributed by atoms with E-state index in [-0.39, 0.29) is 11.4 Å². The molecule has 0 unspecified atom stereocenters. The largest absolute Gasteiger partial charge is 0.477 e. The minimum absolute atomic E-state index is 0.358. The van der Waals surface area contributed by atoms with E-state index in [1.165, 1.54) is 12.1 Å². The molecule has 2 rings (SSSR count). The Morgan fingerprint density at radius 2 is 2.05 bits per heavy atom. The molecule has 0 radical (unpaired) electrons. The molecule has 0 aliphatic carbocycles. The average Bonchev–Trinajstić information content (AvgIpc) is 2.71. The van der Waals surface area contributed by atoms with E-state index in [0.717, 1.165) is 5.69 Å². The fourth-order valence-electron chi connectivity index (χ4n) is 2.23. The number of aryl methyl sites for hydroxylation is 1. The molecule has 4 nitrogen and oxygen atoms in total. The highest BCUT2D eigenvalue weighted by molar-refractivity contribution is 5.96. The first-order chi connectivity index (χ1) is 9.95. The molecule has 0 atom stereocenters. The van der Waals surface area contributed by atoms with Gasteiger partial charge < -0.3 is 9.67 Å². The Balaban J connectivity index is 2.62. The van der Waals surface area contributed by atoms with E-state index < -0.39 is 5.97 Å². The summed E-state index contributed by atoms with van der Waals surface area (Å²) in [4.78, 5) is 10.9. The van der Waals surface area contributed by atoms with Crippen LogP contribution in [0.1, 0.15) is 17.0 Å². The fourth-order valence-corrected chi connectivity index (χ4v) is 2.23. The third kappa shape index (κ3) is 2.70. The van der Waals surface area contributed by atoms with Crippen molar-refractivity contribution in [2.45, 2.75) is 13.8 Å². The minimum Gasteiger partial charge on any atom is -0.477 e. The number of aliphatic carboxylic acids is 1. The van der Waals surface area contributed by atoms with Crippen LogP contribution in [0.2, 0.25) is 0 Å². The van der Waals surface area contributed by atoms with Gasteiger partial charge in [0.05, 0.1) is 5.69 Å². The second kappa shape index (κ2) is 5.63. The summed E-state index contributed by atoms with van der Waals surface area (Å²) in [7, 11) is 0. The van der Waals surface area contributed by atoms with Gasteiger partial charge in [0.2, 0.25) is 0 Å². The molecule has 0 saturated carbocycles. The van der Waals surface area contributed by atoms with Gasteiger partial charge in [-0.05, 0) is 43.7 Å². The van der Waals surface area contributed by atoms with Crippen LogP contribution in [0.15, 0.2) is 35.9 Å². The maximum absolute atomic E-state index is 13.9. The van der Waals surface area contributed by atoms with Gasteiger partial charge in [0.1, 0.15) is 17.5 Å². The lowest BCUT2D eigenvalue weighted by molar-refractivity contribution is -0.132. The Labute approximate surface area is 121 Å². The number of nitriles is 1. The minimum atomic E-state index is -1.28. The number of para-hydroxylation sites is 1. The van der Waals surface area contributed by atoms with Crippen LogP contribution in [-0.4, -0.2) is 15.6 Å². The first-order valence-corrected chi connectivity index (χ1v) is 6.24. The van der Waals surface area contributed by atoms with E-state index >= 15 is 0 Å². The van der Waals surface area contributed by atoms with E-state index in [1.807, 2.05) is 0 Å². The third-order valence-electron chi connectivity index (χ3n) is 3.21. The summed E-state index contributed by atoms with van der Waals surface area (Å²) >= 11 is 0. The number of benzene rings is 1. The summed E-state index contributed by atoms with van der Waals surface area (Å²) in [6.45, 7) is 3.55. The number of carbonyl (C=O) groups is 1. The molecule has 0 bridgehead atoms. The summed E-state index contributed by atoms with van der Waals surface area (Å²) in [5.74, 6) is -1.65. The lowest BCUT2D eigenvalue weighted by Crippen LogP contribution is -2.02. The van der Waals surface area contributed by atoms with Crippen molar-refractivity contribution in [3.8, 4) is 11.8 Å². The van der Waals surface area contributed by atoms with Gasteiger partial charge in [-0.15, -0.1) is 0 Å². The van der Waals surface area contributed by atoms with Crippen LogP contribution >= 0.6 is 0 Å². The SMILES string of the molecule is Cc1cc(/C=C(\C#N)C(=O)O)c(C)n1-c1ccccc1F. The van der Waals surface area contributed by atoms with E-state index in [1.54, 1.807) is 48.7 Å².